The Morgan fingerprint density at radius 3 is 2.59 bits per heavy atom. The smallest absolute Gasteiger partial charge is 0.254 e. The number of carbonyl (C=O) groups is 2. The van der Waals surface area contributed by atoms with Gasteiger partial charge in [0.2, 0.25) is 5.91 Å². The zero-order valence-corrected chi connectivity index (χ0v) is 20.2. The number of aliphatic imine (C=N–C) groups is 1. The van der Waals surface area contributed by atoms with Crippen molar-refractivity contribution >= 4 is 28.7 Å². The van der Waals surface area contributed by atoms with E-state index in [-0.39, 0.29) is 24.1 Å². The summed E-state index contributed by atoms with van der Waals surface area (Å²) in [7, 11) is 0. The van der Waals surface area contributed by atoms with Gasteiger partial charge in [0.05, 0.1) is 36.5 Å². The van der Waals surface area contributed by atoms with E-state index in [1.165, 1.54) is 23.9 Å². The zero-order valence-electron chi connectivity index (χ0n) is 19.4. The van der Waals surface area contributed by atoms with Crippen LogP contribution in [0.15, 0.2) is 74.4 Å². The first-order chi connectivity index (χ1) is 16.4. The van der Waals surface area contributed by atoms with Crippen molar-refractivity contribution < 1.29 is 18.4 Å². The lowest BCUT2D eigenvalue weighted by Crippen LogP contribution is -2.42. The van der Waals surface area contributed by atoms with Crippen LogP contribution >= 0.6 is 11.8 Å². The second-order valence-electron chi connectivity index (χ2n) is 7.95. The van der Waals surface area contributed by atoms with Gasteiger partial charge in [0.25, 0.3) is 5.91 Å². The minimum atomic E-state index is -0.514. The third-order valence-corrected chi connectivity index (χ3v) is 6.74. The van der Waals surface area contributed by atoms with E-state index >= 15 is 0 Å². The van der Waals surface area contributed by atoms with Gasteiger partial charge < -0.3 is 19.5 Å². The molecule has 0 fully saturated rings. The zero-order chi connectivity index (χ0) is 24.2. The molecule has 0 bridgehead atoms. The molecule has 2 aliphatic heterocycles. The number of allylic oxidation sites excluding steroid dienone is 1. The summed E-state index contributed by atoms with van der Waals surface area (Å²) in [5.41, 5.74) is 2.64. The maximum Gasteiger partial charge on any atom is 0.254 e. The molecule has 0 aliphatic carbocycles. The molecular formula is C25H27FN4O3S. The molecule has 34 heavy (non-hydrogen) atoms. The van der Waals surface area contributed by atoms with E-state index in [0.717, 1.165) is 11.3 Å². The SMILES string of the molecule is CCN(CC)C(=O)C1=C(C)N=C2SC=C(CC(=O)NCc3ccco3)N2C1c1ccc(F)cc1. The van der Waals surface area contributed by atoms with Crippen LogP contribution in [0.25, 0.3) is 0 Å². The molecule has 9 heteroatoms. The predicted octanol–water partition coefficient (Wildman–Crippen LogP) is 4.57. The number of hydrogen-bond donors (Lipinski definition) is 1. The van der Waals surface area contributed by atoms with Gasteiger partial charge in [0.15, 0.2) is 5.17 Å². The minimum Gasteiger partial charge on any atom is -0.467 e. The van der Waals surface area contributed by atoms with Crippen molar-refractivity contribution in [1.82, 2.24) is 15.1 Å². The lowest BCUT2D eigenvalue weighted by atomic mass is 9.92. The molecule has 2 aromatic rings. The number of benzene rings is 1. The van der Waals surface area contributed by atoms with Crippen molar-refractivity contribution in [1.29, 1.82) is 0 Å². The largest absolute Gasteiger partial charge is 0.467 e. The van der Waals surface area contributed by atoms with Gasteiger partial charge in [-0.25, -0.2) is 9.38 Å². The summed E-state index contributed by atoms with van der Waals surface area (Å²) in [4.78, 5) is 34.7. The summed E-state index contributed by atoms with van der Waals surface area (Å²) in [5.74, 6) is 0.0243. The molecule has 1 N–H and O–H groups in total. The van der Waals surface area contributed by atoms with Crippen LogP contribution in [-0.4, -0.2) is 39.9 Å². The van der Waals surface area contributed by atoms with Gasteiger partial charge in [-0.3, -0.25) is 9.59 Å². The molecule has 3 heterocycles. The first-order valence-corrected chi connectivity index (χ1v) is 12.1. The highest BCUT2D eigenvalue weighted by Crippen LogP contribution is 2.45. The third-order valence-electron chi connectivity index (χ3n) is 5.85. The molecule has 2 aliphatic rings. The number of hydrogen-bond acceptors (Lipinski definition) is 6. The van der Waals surface area contributed by atoms with E-state index in [4.69, 9.17) is 9.41 Å². The summed E-state index contributed by atoms with van der Waals surface area (Å²) in [5, 5.41) is 5.44. The second-order valence-corrected chi connectivity index (χ2v) is 8.79. The Balaban J connectivity index is 1.65. The number of amidine groups is 1. The Morgan fingerprint density at radius 2 is 1.94 bits per heavy atom. The fourth-order valence-corrected chi connectivity index (χ4v) is 5.07. The van der Waals surface area contributed by atoms with Crippen molar-refractivity contribution in [3.05, 3.63) is 82.2 Å². The summed E-state index contributed by atoms with van der Waals surface area (Å²) in [6, 6.07) is 9.19. The lowest BCUT2D eigenvalue weighted by molar-refractivity contribution is -0.127. The first-order valence-electron chi connectivity index (χ1n) is 11.2. The molecule has 0 spiro atoms. The number of furan rings is 1. The van der Waals surface area contributed by atoms with Crippen LogP contribution in [0.2, 0.25) is 0 Å². The molecule has 4 rings (SSSR count). The van der Waals surface area contributed by atoms with Crippen LogP contribution in [-0.2, 0) is 16.1 Å². The van der Waals surface area contributed by atoms with Gasteiger partial charge in [-0.2, -0.15) is 0 Å². The number of nitrogens with one attached hydrogen (secondary N) is 1. The fourth-order valence-electron chi connectivity index (χ4n) is 4.11. The number of halogens is 1. The topological polar surface area (TPSA) is 78.1 Å². The van der Waals surface area contributed by atoms with Crippen molar-refractivity contribution in [3.63, 3.8) is 0 Å². The van der Waals surface area contributed by atoms with Crippen LogP contribution in [0.4, 0.5) is 4.39 Å². The predicted molar refractivity (Wildman–Crippen MR) is 130 cm³/mol. The third kappa shape index (κ3) is 4.79. The molecule has 7 nitrogen and oxygen atoms in total. The molecule has 1 aromatic heterocycles. The highest BCUT2D eigenvalue weighted by Gasteiger charge is 2.41. The van der Waals surface area contributed by atoms with Gasteiger partial charge in [-0.15, -0.1) is 0 Å². The quantitative estimate of drug-likeness (QED) is 0.597. The molecule has 1 aromatic carbocycles. The average Bonchev–Trinajstić information content (AvgIpc) is 3.48. The lowest BCUT2D eigenvalue weighted by Gasteiger charge is -2.38. The monoisotopic (exact) mass is 482 g/mol. The maximum absolute atomic E-state index is 13.7. The standard InChI is InChI=1S/C25H27FN4O3S/c1-4-29(5-2)24(32)22-16(3)28-25-30(23(22)17-8-10-18(26)11-9-17)19(15-34-25)13-21(31)27-14-20-7-6-12-33-20/h6-12,15,23H,4-5,13-14H2,1-3H3,(H,27,31). The molecule has 0 saturated carbocycles. The van der Waals surface area contributed by atoms with Crippen molar-refractivity contribution in [2.45, 2.75) is 39.8 Å². The average molecular weight is 483 g/mol. The van der Waals surface area contributed by atoms with Crippen LogP contribution in [0, 0.1) is 5.82 Å². The molecule has 1 unspecified atom stereocenters. The Labute approximate surface area is 202 Å². The van der Waals surface area contributed by atoms with E-state index in [0.29, 0.717) is 41.8 Å². The molecule has 178 valence electrons. The summed E-state index contributed by atoms with van der Waals surface area (Å²) in [6.07, 6.45) is 1.67. The first kappa shape index (κ1) is 23.8. The van der Waals surface area contributed by atoms with Crippen LogP contribution in [0.5, 0.6) is 0 Å². The van der Waals surface area contributed by atoms with Gasteiger partial charge >= 0.3 is 0 Å². The van der Waals surface area contributed by atoms with Crippen molar-refractivity contribution in [2.24, 2.45) is 4.99 Å². The minimum absolute atomic E-state index is 0.107. The number of carbonyl (C=O) groups excluding carboxylic acids is 2. The second kappa shape index (κ2) is 10.3. The van der Waals surface area contributed by atoms with E-state index < -0.39 is 6.04 Å². The van der Waals surface area contributed by atoms with E-state index in [9.17, 15) is 14.0 Å². The highest BCUT2D eigenvalue weighted by atomic mass is 32.2. The molecule has 0 radical (unpaired) electrons. The van der Waals surface area contributed by atoms with Gasteiger partial charge in [0.1, 0.15) is 11.6 Å². The fraction of sp³-hybridized carbons (Fsp3) is 0.320. The number of fused-ring (bicyclic) bond motifs is 1. The number of thioether (sulfide) groups is 1. The Hall–Kier alpha value is -3.33. The van der Waals surface area contributed by atoms with E-state index in [1.54, 1.807) is 35.4 Å². The maximum atomic E-state index is 13.7. The molecule has 2 amide bonds. The van der Waals surface area contributed by atoms with Gasteiger partial charge in [0, 0.05) is 18.8 Å². The van der Waals surface area contributed by atoms with Crippen LogP contribution < -0.4 is 5.32 Å². The van der Waals surface area contributed by atoms with Crippen LogP contribution in [0.3, 0.4) is 0 Å². The van der Waals surface area contributed by atoms with E-state index in [1.807, 2.05) is 31.1 Å². The van der Waals surface area contributed by atoms with Crippen LogP contribution in [0.1, 0.15) is 44.6 Å². The number of rotatable bonds is 8. The Morgan fingerprint density at radius 1 is 1.21 bits per heavy atom. The number of nitrogens with zero attached hydrogens (tertiary/aromatic N) is 3. The Kier molecular flexibility index (Phi) is 7.21. The molecular weight excluding hydrogens is 455 g/mol. The highest BCUT2D eigenvalue weighted by molar-refractivity contribution is 8.16. The summed E-state index contributed by atoms with van der Waals surface area (Å²) in [6.45, 7) is 7.10. The number of likely N-dealkylation sites (N-methyl/N-ethyl adjacent to an activating group) is 1. The summed E-state index contributed by atoms with van der Waals surface area (Å²) >= 11 is 1.41. The Bertz CT molecular complexity index is 1150. The number of amides is 2. The molecule has 1 atom stereocenters. The van der Waals surface area contributed by atoms with Gasteiger partial charge in [-0.1, -0.05) is 23.9 Å². The normalized spacial score (nSPS) is 17.3. The summed E-state index contributed by atoms with van der Waals surface area (Å²) < 4.78 is 19.0. The van der Waals surface area contributed by atoms with Crippen molar-refractivity contribution in [2.75, 3.05) is 13.1 Å². The molecule has 0 saturated heterocycles. The van der Waals surface area contributed by atoms with Gasteiger partial charge in [-0.05, 0) is 56.0 Å². The van der Waals surface area contributed by atoms with E-state index in [2.05, 4.69) is 5.32 Å². The van der Waals surface area contributed by atoms with Crippen molar-refractivity contribution in [3.8, 4) is 0 Å².